The van der Waals surface area contributed by atoms with Crippen LogP contribution in [0, 0.1) is 0 Å². The number of hydrogen-bond donors (Lipinski definition) is 0. The van der Waals surface area contributed by atoms with Crippen LogP contribution in [0.3, 0.4) is 0 Å². The highest BCUT2D eigenvalue weighted by atomic mass is 16.2. The number of Topliss-reactive ketones (excluding diaryl/α,β-unsaturated/α-hetero) is 2. The van der Waals surface area contributed by atoms with Crippen molar-refractivity contribution in [2.45, 2.75) is 0 Å². The van der Waals surface area contributed by atoms with Crippen LogP contribution in [-0.2, 0) is 4.79 Å². The van der Waals surface area contributed by atoms with E-state index in [0.29, 0.717) is 10.9 Å². The van der Waals surface area contributed by atoms with Gasteiger partial charge in [-0.05, 0) is 16.8 Å². The predicted octanol–water partition coefficient (Wildman–Crippen LogP) is 0.435. The van der Waals surface area contributed by atoms with Gasteiger partial charge in [-0.15, -0.1) is 0 Å². The third-order valence-corrected chi connectivity index (χ3v) is 2.89. The minimum Gasteiger partial charge on any atom is -0.288 e. The molecule has 1 aliphatic heterocycles. The molecule has 0 saturated heterocycles. The Bertz CT molecular complexity index is 708. The molecule has 0 radical (unpaired) electrons. The monoisotopic (exact) mass is 223 g/mol. The summed E-state index contributed by atoms with van der Waals surface area (Å²) in [6.45, 7) is -0.0314. The predicted molar refractivity (Wildman–Crippen MR) is 64.1 cm³/mol. The summed E-state index contributed by atoms with van der Waals surface area (Å²) in [5.41, 5.74) is 1.23. The van der Waals surface area contributed by atoms with Gasteiger partial charge < -0.3 is 0 Å². The average molecular weight is 223 g/mol. The summed E-state index contributed by atoms with van der Waals surface area (Å²) in [6, 6.07) is 3.71. The van der Waals surface area contributed by atoms with Crippen molar-refractivity contribution in [3.05, 3.63) is 52.1 Å². The van der Waals surface area contributed by atoms with Crippen molar-refractivity contribution in [3.8, 4) is 0 Å². The molecule has 1 aliphatic carbocycles. The number of ketones is 2. The smallest absolute Gasteiger partial charge is 0.233 e. The Morgan fingerprint density at radius 1 is 1.06 bits per heavy atom. The first-order valence-corrected chi connectivity index (χ1v) is 5.37. The maximum absolute atomic E-state index is 11.9. The van der Waals surface area contributed by atoms with Gasteiger partial charge in [-0.1, -0.05) is 36.4 Å². The van der Waals surface area contributed by atoms with Crippen LogP contribution < -0.4 is 10.6 Å². The number of benzene rings is 1. The van der Waals surface area contributed by atoms with E-state index in [4.69, 9.17) is 0 Å². The number of carbonyl (C=O) groups is 2. The molecule has 0 bridgehead atoms. The van der Waals surface area contributed by atoms with Gasteiger partial charge >= 0.3 is 0 Å². The van der Waals surface area contributed by atoms with Crippen molar-refractivity contribution in [2.75, 3.05) is 6.54 Å². The zero-order chi connectivity index (χ0) is 11.8. The van der Waals surface area contributed by atoms with Crippen molar-refractivity contribution in [1.29, 1.82) is 0 Å². The Kier molecular flexibility index (Phi) is 2.11. The molecule has 82 valence electrons. The van der Waals surface area contributed by atoms with Crippen LogP contribution in [0.1, 0.15) is 15.9 Å². The third-order valence-electron chi connectivity index (χ3n) is 2.89. The summed E-state index contributed by atoms with van der Waals surface area (Å²) >= 11 is 0. The maximum atomic E-state index is 11.9. The fraction of sp³-hybridized carbons (Fsp3) is 0.0714. The van der Waals surface area contributed by atoms with Crippen LogP contribution in [0.5, 0.6) is 0 Å². The Balaban J connectivity index is 2.44. The maximum Gasteiger partial charge on any atom is 0.233 e. The first kappa shape index (κ1) is 9.90. The minimum absolute atomic E-state index is 0.0314. The van der Waals surface area contributed by atoms with E-state index in [2.05, 4.69) is 4.99 Å². The third kappa shape index (κ3) is 1.47. The van der Waals surface area contributed by atoms with E-state index >= 15 is 0 Å². The Morgan fingerprint density at radius 2 is 1.94 bits per heavy atom. The minimum atomic E-state index is -0.434. The van der Waals surface area contributed by atoms with E-state index < -0.39 is 11.6 Å². The quantitative estimate of drug-likeness (QED) is 0.599. The van der Waals surface area contributed by atoms with Gasteiger partial charge in [0.15, 0.2) is 0 Å². The highest BCUT2D eigenvalue weighted by Crippen LogP contribution is 2.08. The molecule has 1 aromatic rings. The summed E-state index contributed by atoms with van der Waals surface area (Å²) in [5.74, 6) is -0.858. The van der Waals surface area contributed by atoms with E-state index in [1.165, 1.54) is 0 Å². The molecule has 0 spiro atoms. The van der Waals surface area contributed by atoms with Gasteiger partial charge in [0.1, 0.15) is 6.54 Å². The molecule has 0 N–H and O–H groups in total. The SMILES string of the molecule is O=C1CN=c2ccc3c(c2C1=O)C=CC=CC=3. The number of allylic oxidation sites excluding steroid dienone is 3. The number of hydrogen-bond acceptors (Lipinski definition) is 3. The largest absolute Gasteiger partial charge is 0.288 e. The fourth-order valence-corrected chi connectivity index (χ4v) is 2.06. The summed E-state index contributed by atoms with van der Waals surface area (Å²) in [4.78, 5) is 27.5. The molecule has 0 saturated carbocycles. The summed E-state index contributed by atoms with van der Waals surface area (Å²) in [7, 11) is 0. The Hall–Kier alpha value is -2.29. The van der Waals surface area contributed by atoms with E-state index in [1.807, 2.05) is 36.4 Å². The lowest BCUT2D eigenvalue weighted by molar-refractivity contribution is -0.114. The molecule has 3 rings (SSSR count). The van der Waals surface area contributed by atoms with Crippen LogP contribution in [0.2, 0.25) is 0 Å². The highest BCUT2D eigenvalue weighted by Gasteiger charge is 2.24. The van der Waals surface area contributed by atoms with Crippen molar-refractivity contribution in [3.63, 3.8) is 0 Å². The lowest BCUT2D eigenvalue weighted by atomic mass is 9.96. The van der Waals surface area contributed by atoms with Gasteiger partial charge in [-0.25, -0.2) is 0 Å². The highest BCUT2D eigenvalue weighted by molar-refractivity contribution is 6.45. The van der Waals surface area contributed by atoms with E-state index in [-0.39, 0.29) is 6.54 Å². The number of rotatable bonds is 0. The molecule has 0 unspecified atom stereocenters. The number of nitrogens with zero attached hydrogens (tertiary/aromatic N) is 1. The lowest BCUT2D eigenvalue weighted by Crippen LogP contribution is -2.34. The molecule has 0 amide bonds. The summed E-state index contributed by atoms with van der Waals surface area (Å²) < 4.78 is 0. The molecule has 1 aromatic carbocycles. The van der Waals surface area contributed by atoms with Crippen LogP contribution in [0.15, 0.2) is 35.4 Å². The number of fused-ring (bicyclic) bond motifs is 3. The van der Waals surface area contributed by atoms with Crippen molar-refractivity contribution in [1.82, 2.24) is 0 Å². The van der Waals surface area contributed by atoms with Crippen molar-refractivity contribution in [2.24, 2.45) is 4.99 Å². The molecule has 3 heteroatoms. The zero-order valence-corrected chi connectivity index (χ0v) is 9.01. The van der Waals surface area contributed by atoms with Gasteiger partial charge in [0, 0.05) is 0 Å². The van der Waals surface area contributed by atoms with Gasteiger partial charge in [0.2, 0.25) is 11.6 Å². The topological polar surface area (TPSA) is 46.5 Å². The molecule has 3 nitrogen and oxygen atoms in total. The lowest BCUT2D eigenvalue weighted by Gasteiger charge is -2.09. The van der Waals surface area contributed by atoms with E-state index in [9.17, 15) is 9.59 Å². The Labute approximate surface area is 97.5 Å². The molecule has 0 aromatic heterocycles. The normalized spacial score (nSPS) is 16.7. The Morgan fingerprint density at radius 3 is 2.82 bits per heavy atom. The van der Waals surface area contributed by atoms with E-state index in [1.54, 1.807) is 6.07 Å². The second-order valence-electron chi connectivity index (χ2n) is 3.94. The second-order valence-corrected chi connectivity index (χ2v) is 3.94. The summed E-state index contributed by atoms with van der Waals surface area (Å²) in [6.07, 6.45) is 9.41. The standard InChI is InChI=1S/C14H9NO2/c16-12-8-15-11-7-6-9-4-2-1-3-5-10(9)13(11)14(12)17/h1-7H,8H2. The fourth-order valence-electron chi connectivity index (χ4n) is 2.06. The van der Waals surface area contributed by atoms with Gasteiger partial charge in [-0.2, -0.15) is 0 Å². The van der Waals surface area contributed by atoms with Gasteiger partial charge in [0.05, 0.1) is 10.9 Å². The van der Waals surface area contributed by atoms with Gasteiger partial charge in [-0.3, -0.25) is 14.6 Å². The molecular weight excluding hydrogens is 214 g/mol. The number of carbonyl (C=O) groups excluding carboxylic acids is 2. The molecule has 1 heterocycles. The molecular formula is C14H9NO2. The molecule has 0 fully saturated rings. The van der Waals surface area contributed by atoms with Crippen LogP contribution in [0.25, 0.3) is 12.2 Å². The van der Waals surface area contributed by atoms with Crippen LogP contribution in [0.4, 0.5) is 0 Å². The van der Waals surface area contributed by atoms with Crippen LogP contribution in [-0.4, -0.2) is 18.1 Å². The van der Waals surface area contributed by atoms with Crippen molar-refractivity contribution < 1.29 is 9.59 Å². The second kappa shape index (κ2) is 3.63. The first-order valence-electron chi connectivity index (χ1n) is 5.37. The summed E-state index contributed by atoms with van der Waals surface area (Å²) in [5, 5.41) is 1.56. The van der Waals surface area contributed by atoms with Crippen molar-refractivity contribution >= 4 is 23.7 Å². The first-order chi connectivity index (χ1) is 8.27. The molecule has 2 aliphatic rings. The van der Waals surface area contributed by atoms with Crippen LogP contribution >= 0.6 is 0 Å². The molecule has 17 heavy (non-hydrogen) atoms. The van der Waals surface area contributed by atoms with Gasteiger partial charge in [0.25, 0.3) is 0 Å². The average Bonchev–Trinajstić information content (AvgIpc) is 2.58. The van der Waals surface area contributed by atoms with E-state index in [0.717, 1.165) is 10.8 Å². The molecule has 0 atom stereocenters. The zero-order valence-electron chi connectivity index (χ0n) is 9.01.